The van der Waals surface area contributed by atoms with Gasteiger partial charge in [-0.1, -0.05) is 19.8 Å². The molecule has 5 nitrogen and oxygen atoms in total. The first-order chi connectivity index (χ1) is 9.79. The molecule has 106 valence electrons. The lowest BCUT2D eigenvalue weighted by atomic mass is 10.2. The first-order valence-corrected chi connectivity index (χ1v) is 7.09. The van der Waals surface area contributed by atoms with Crippen LogP contribution >= 0.6 is 12.2 Å². The average molecular weight is 290 g/mol. The minimum atomic E-state index is 0.470. The van der Waals surface area contributed by atoms with Crippen molar-refractivity contribution in [3.63, 3.8) is 0 Å². The molecule has 0 radical (unpaired) electrons. The molecular weight excluding hydrogens is 272 g/mol. The van der Waals surface area contributed by atoms with E-state index in [0.717, 1.165) is 24.3 Å². The van der Waals surface area contributed by atoms with E-state index >= 15 is 0 Å². The van der Waals surface area contributed by atoms with E-state index in [1.54, 1.807) is 6.21 Å². The van der Waals surface area contributed by atoms with E-state index in [2.05, 4.69) is 22.2 Å². The van der Waals surface area contributed by atoms with Crippen LogP contribution in [0.4, 0.5) is 0 Å². The maximum Gasteiger partial charge on any atom is 0.216 e. The molecule has 1 heterocycles. The molecular formula is C14H18N4OS. The second-order valence-corrected chi connectivity index (χ2v) is 4.76. The Morgan fingerprint density at radius 1 is 1.35 bits per heavy atom. The maximum atomic E-state index is 5.65. The van der Waals surface area contributed by atoms with E-state index in [9.17, 15) is 0 Å². The van der Waals surface area contributed by atoms with Crippen molar-refractivity contribution in [1.29, 1.82) is 0 Å². The van der Waals surface area contributed by atoms with Gasteiger partial charge < -0.3 is 4.74 Å². The third kappa shape index (κ3) is 4.31. The quantitative estimate of drug-likeness (QED) is 0.483. The Bertz CT molecular complexity index is 600. The smallest absolute Gasteiger partial charge is 0.216 e. The topological polar surface area (TPSA) is 55.2 Å². The summed E-state index contributed by atoms with van der Waals surface area (Å²) < 4.78 is 7.63. The van der Waals surface area contributed by atoms with Crippen molar-refractivity contribution in [3.05, 3.63) is 40.9 Å². The van der Waals surface area contributed by atoms with E-state index in [1.807, 2.05) is 24.3 Å². The highest BCUT2D eigenvalue weighted by atomic mass is 32.1. The molecule has 1 aromatic heterocycles. The van der Waals surface area contributed by atoms with Gasteiger partial charge in [0.1, 0.15) is 12.1 Å². The Morgan fingerprint density at radius 3 is 2.80 bits per heavy atom. The molecule has 0 spiro atoms. The fraction of sp³-hybridized carbons (Fsp3) is 0.357. The molecule has 20 heavy (non-hydrogen) atoms. The van der Waals surface area contributed by atoms with Crippen molar-refractivity contribution in [2.24, 2.45) is 5.10 Å². The Hall–Kier alpha value is -1.95. The average Bonchev–Trinajstić information content (AvgIpc) is 2.88. The van der Waals surface area contributed by atoms with Crippen LogP contribution in [0.1, 0.15) is 31.7 Å². The summed E-state index contributed by atoms with van der Waals surface area (Å²) in [5.74, 6) is 0.887. The third-order valence-electron chi connectivity index (χ3n) is 2.76. The van der Waals surface area contributed by atoms with Gasteiger partial charge in [0.2, 0.25) is 4.77 Å². The highest BCUT2D eigenvalue weighted by molar-refractivity contribution is 7.71. The summed E-state index contributed by atoms with van der Waals surface area (Å²) in [5, 5.41) is 10.6. The number of rotatable bonds is 7. The number of hydrogen-bond acceptors (Lipinski definition) is 4. The Balaban J connectivity index is 1.90. The van der Waals surface area contributed by atoms with Gasteiger partial charge in [0.25, 0.3) is 0 Å². The fourth-order valence-corrected chi connectivity index (χ4v) is 1.79. The lowest BCUT2D eigenvalue weighted by molar-refractivity contribution is 0.306. The molecule has 0 amide bonds. The largest absolute Gasteiger partial charge is 0.494 e. The first-order valence-electron chi connectivity index (χ1n) is 6.69. The molecule has 0 bridgehead atoms. The van der Waals surface area contributed by atoms with Crippen LogP contribution in [-0.2, 0) is 0 Å². The SMILES string of the molecule is CCCCCOc1ccc(/C=N\n2cn[nH]c2=S)cc1. The van der Waals surface area contributed by atoms with Crippen LogP contribution in [0, 0.1) is 4.77 Å². The van der Waals surface area contributed by atoms with Crippen molar-refractivity contribution < 1.29 is 4.74 Å². The third-order valence-corrected chi connectivity index (χ3v) is 3.04. The van der Waals surface area contributed by atoms with Crippen LogP contribution < -0.4 is 4.74 Å². The van der Waals surface area contributed by atoms with Gasteiger partial charge in [0.05, 0.1) is 12.8 Å². The van der Waals surface area contributed by atoms with Gasteiger partial charge >= 0.3 is 0 Å². The van der Waals surface area contributed by atoms with E-state index in [1.165, 1.54) is 23.8 Å². The molecule has 1 aromatic carbocycles. The molecule has 0 aliphatic carbocycles. The molecule has 0 unspecified atom stereocenters. The zero-order valence-corrected chi connectivity index (χ0v) is 12.3. The molecule has 1 N–H and O–H groups in total. The Labute approximate surface area is 123 Å². The number of H-pyrrole nitrogens is 1. The van der Waals surface area contributed by atoms with Crippen LogP contribution in [0.5, 0.6) is 5.75 Å². The standard InChI is InChI=1S/C14H18N4OS/c1-2-3-4-9-19-13-7-5-12(6-8-13)10-16-18-11-15-17-14(18)20/h5-8,10-11H,2-4,9H2,1H3,(H,17,20)/b16-10-. The lowest BCUT2D eigenvalue weighted by Gasteiger charge is -2.05. The summed E-state index contributed by atoms with van der Waals surface area (Å²) in [7, 11) is 0. The maximum absolute atomic E-state index is 5.65. The van der Waals surface area contributed by atoms with Crippen LogP contribution in [0.25, 0.3) is 0 Å². The summed E-state index contributed by atoms with van der Waals surface area (Å²) in [6.45, 7) is 2.95. The molecule has 0 atom stereocenters. The number of aromatic amines is 1. The molecule has 0 saturated carbocycles. The second-order valence-electron chi connectivity index (χ2n) is 4.38. The summed E-state index contributed by atoms with van der Waals surface area (Å²) in [4.78, 5) is 0. The van der Waals surface area contributed by atoms with Crippen molar-refractivity contribution >= 4 is 18.4 Å². The van der Waals surface area contributed by atoms with Crippen molar-refractivity contribution in [3.8, 4) is 5.75 Å². The molecule has 0 saturated heterocycles. The van der Waals surface area contributed by atoms with Crippen molar-refractivity contribution in [2.75, 3.05) is 6.61 Å². The van der Waals surface area contributed by atoms with E-state index in [4.69, 9.17) is 17.0 Å². The number of unbranched alkanes of at least 4 members (excludes halogenated alkanes) is 2. The predicted molar refractivity (Wildman–Crippen MR) is 81.9 cm³/mol. The summed E-state index contributed by atoms with van der Waals surface area (Å²) in [5.41, 5.74) is 0.981. The zero-order valence-electron chi connectivity index (χ0n) is 11.5. The first kappa shape index (κ1) is 14.5. The van der Waals surface area contributed by atoms with Gasteiger partial charge in [0, 0.05) is 0 Å². The number of nitrogens with zero attached hydrogens (tertiary/aromatic N) is 3. The number of hydrogen-bond donors (Lipinski definition) is 1. The number of benzene rings is 1. The minimum Gasteiger partial charge on any atom is -0.494 e. The van der Waals surface area contributed by atoms with Crippen LogP contribution in [0.3, 0.4) is 0 Å². The fourth-order valence-electron chi connectivity index (χ4n) is 1.65. The van der Waals surface area contributed by atoms with Crippen molar-refractivity contribution in [2.45, 2.75) is 26.2 Å². The van der Waals surface area contributed by atoms with E-state index in [0.29, 0.717) is 4.77 Å². The zero-order chi connectivity index (χ0) is 14.2. The van der Waals surface area contributed by atoms with Gasteiger partial charge in [-0.3, -0.25) is 5.10 Å². The van der Waals surface area contributed by atoms with Gasteiger partial charge in [-0.05, 0) is 48.5 Å². The van der Waals surface area contributed by atoms with Crippen molar-refractivity contribution in [1.82, 2.24) is 14.9 Å². The molecule has 2 rings (SSSR count). The van der Waals surface area contributed by atoms with E-state index < -0.39 is 0 Å². The highest BCUT2D eigenvalue weighted by Crippen LogP contribution is 2.12. The monoisotopic (exact) mass is 290 g/mol. The summed E-state index contributed by atoms with van der Waals surface area (Å²) >= 11 is 5.00. The summed E-state index contributed by atoms with van der Waals surface area (Å²) in [6, 6.07) is 7.81. The Morgan fingerprint density at radius 2 is 2.15 bits per heavy atom. The Kier molecular flexibility index (Phi) is 5.49. The van der Waals surface area contributed by atoms with Gasteiger partial charge in [0.15, 0.2) is 0 Å². The number of aromatic nitrogens is 3. The van der Waals surface area contributed by atoms with Gasteiger partial charge in [-0.25, -0.2) is 0 Å². The predicted octanol–water partition coefficient (Wildman–Crippen LogP) is 3.39. The molecule has 6 heteroatoms. The lowest BCUT2D eigenvalue weighted by Crippen LogP contribution is -1.97. The summed E-state index contributed by atoms with van der Waals surface area (Å²) in [6.07, 6.45) is 6.76. The van der Waals surface area contributed by atoms with Crippen LogP contribution in [0.2, 0.25) is 0 Å². The number of ether oxygens (including phenoxy) is 1. The second kappa shape index (κ2) is 7.59. The number of nitrogens with one attached hydrogen (secondary N) is 1. The molecule has 0 aliphatic heterocycles. The van der Waals surface area contributed by atoms with Crippen LogP contribution in [-0.4, -0.2) is 27.7 Å². The minimum absolute atomic E-state index is 0.470. The van der Waals surface area contributed by atoms with Gasteiger partial charge in [-0.15, -0.1) is 0 Å². The highest BCUT2D eigenvalue weighted by Gasteiger charge is 1.95. The normalized spacial score (nSPS) is 11.1. The molecule has 0 fully saturated rings. The molecule has 2 aromatic rings. The van der Waals surface area contributed by atoms with Crippen LogP contribution in [0.15, 0.2) is 35.7 Å². The van der Waals surface area contributed by atoms with Gasteiger partial charge in [-0.2, -0.15) is 14.9 Å². The molecule has 0 aliphatic rings. The van der Waals surface area contributed by atoms with E-state index in [-0.39, 0.29) is 0 Å².